The Bertz CT molecular complexity index is 479. The predicted octanol–water partition coefficient (Wildman–Crippen LogP) is 1.38. The largest absolute Gasteiger partial charge is 0.491 e. The van der Waals surface area contributed by atoms with Gasteiger partial charge in [-0.05, 0) is 24.1 Å². The maximum Gasteiger partial charge on any atom is 0.315 e. The molecule has 0 atom stereocenters. The second-order valence-electron chi connectivity index (χ2n) is 4.60. The fourth-order valence-corrected chi connectivity index (χ4v) is 1.67. The van der Waals surface area contributed by atoms with E-state index in [1.807, 2.05) is 24.3 Å². The van der Waals surface area contributed by atoms with E-state index in [4.69, 9.17) is 14.6 Å². The molecule has 1 aromatic carbocycles. The number of carbonyl (C=O) groups is 2. The molecular weight excluding hydrogens is 288 g/mol. The Labute approximate surface area is 129 Å². The number of urea groups is 1. The topological polar surface area (TPSA) is 96.9 Å². The second-order valence-corrected chi connectivity index (χ2v) is 4.60. The highest BCUT2D eigenvalue weighted by molar-refractivity contribution is 5.73. The number of carboxylic acids is 1. The Kier molecular flexibility index (Phi) is 8.44. The molecule has 0 fully saturated rings. The van der Waals surface area contributed by atoms with E-state index in [0.717, 1.165) is 11.3 Å². The van der Waals surface area contributed by atoms with Crippen molar-refractivity contribution in [3.8, 4) is 5.75 Å². The van der Waals surface area contributed by atoms with Crippen LogP contribution in [0.15, 0.2) is 24.3 Å². The minimum absolute atomic E-state index is 0.0428. The molecule has 0 spiro atoms. The monoisotopic (exact) mass is 310 g/mol. The van der Waals surface area contributed by atoms with Gasteiger partial charge in [0.05, 0.1) is 6.61 Å². The quantitative estimate of drug-likeness (QED) is 0.567. The summed E-state index contributed by atoms with van der Waals surface area (Å²) in [5, 5.41) is 13.8. The van der Waals surface area contributed by atoms with Gasteiger partial charge in [-0.2, -0.15) is 0 Å². The highest BCUT2D eigenvalue weighted by Crippen LogP contribution is 2.13. The summed E-state index contributed by atoms with van der Waals surface area (Å²) in [5.74, 6) is -0.147. The van der Waals surface area contributed by atoms with Gasteiger partial charge in [0.1, 0.15) is 12.4 Å². The fraction of sp³-hybridized carbons (Fsp3) is 0.467. The average molecular weight is 310 g/mol. The molecule has 7 heteroatoms. The smallest absolute Gasteiger partial charge is 0.315 e. The molecule has 122 valence electrons. The third kappa shape index (κ3) is 8.11. The number of rotatable bonds is 10. The number of hydrogen-bond acceptors (Lipinski definition) is 4. The highest BCUT2D eigenvalue weighted by Gasteiger charge is 2.02. The van der Waals surface area contributed by atoms with Crippen LogP contribution in [0.3, 0.4) is 0 Å². The van der Waals surface area contributed by atoms with Gasteiger partial charge in [0.25, 0.3) is 0 Å². The van der Waals surface area contributed by atoms with Crippen molar-refractivity contribution in [2.45, 2.75) is 19.4 Å². The third-order valence-electron chi connectivity index (χ3n) is 2.76. The van der Waals surface area contributed by atoms with E-state index in [-0.39, 0.29) is 12.5 Å². The number of carboxylic acid groups (broad SMARTS) is 1. The zero-order valence-corrected chi connectivity index (χ0v) is 12.6. The molecule has 22 heavy (non-hydrogen) atoms. The molecule has 0 unspecified atom stereocenters. The zero-order chi connectivity index (χ0) is 16.2. The molecule has 3 N–H and O–H groups in total. The Hall–Kier alpha value is -2.28. The van der Waals surface area contributed by atoms with Crippen molar-refractivity contribution in [1.29, 1.82) is 0 Å². The lowest BCUT2D eigenvalue weighted by molar-refractivity contribution is -0.137. The fourth-order valence-electron chi connectivity index (χ4n) is 1.67. The molecule has 1 rings (SSSR count). The van der Waals surface area contributed by atoms with E-state index in [9.17, 15) is 9.59 Å². The summed E-state index contributed by atoms with van der Waals surface area (Å²) in [5.41, 5.74) is 0.913. The van der Waals surface area contributed by atoms with Crippen LogP contribution in [0.2, 0.25) is 0 Å². The van der Waals surface area contributed by atoms with Gasteiger partial charge >= 0.3 is 12.0 Å². The number of methoxy groups -OCH3 is 1. The first-order chi connectivity index (χ1) is 10.6. The van der Waals surface area contributed by atoms with Crippen molar-refractivity contribution in [3.63, 3.8) is 0 Å². The molecule has 1 aromatic rings. The van der Waals surface area contributed by atoms with E-state index >= 15 is 0 Å². The van der Waals surface area contributed by atoms with Crippen molar-refractivity contribution < 1.29 is 24.2 Å². The number of amides is 2. The SMILES string of the molecule is COCCOc1cccc(CNC(=O)NCCCC(=O)O)c1. The molecule has 2 amide bonds. The molecule has 0 saturated carbocycles. The number of ether oxygens (including phenoxy) is 2. The van der Waals surface area contributed by atoms with Crippen molar-refractivity contribution >= 4 is 12.0 Å². The summed E-state index contributed by atoms with van der Waals surface area (Å²) >= 11 is 0. The molecule has 0 aliphatic rings. The van der Waals surface area contributed by atoms with E-state index in [2.05, 4.69) is 10.6 Å². The standard InChI is InChI=1S/C15H22N2O5/c1-21-8-9-22-13-5-2-4-12(10-13)11-17-15(20)16-7-3-6-14(18)19/h2,4-5,10H,3,6-9,11H2,1H3,(H,18,19)(H2,16,17,20). The molecule has 0 heterocycles. The van der Waals surface area contributed by atoms with Crippen LogP contribution < -0.4 is 15.4 Å². The van der Waals surface area contributed by atoms with Crippen LogP contribution in [0.25, 0.3) is 0 Å². The molecule has 0 aliphatic carbocycles. The van der Waals surface area contributed by atoms with Crippen molar-refractivity contribution in [2.24, 2.45) is 0 Å². The van der Waals surface area contributed by atoms with Gasteiger partial charge in [-0.1, -0.05) is 12.1 Å². The normalized spacial score (nSPS) is 10.0. The predicted molar refractivity (Wildman–Crippen MR) is 80.9 cm³/mol. The Morgan fingerprint density at radius 3 is 2.77 bits per heavy atom. The minimum atomic E-state index is -0.868. The molecule has 0 aromatic heterocycles. The Morgan fingerprint density at radius 1 is 1.23 bits per heavy atom. The highest BCUT2D eigenvalue weighted by atomic mass is 16.5. The second kappa shape index (κ2) is 10.4. The third-order valence-corrected chi connectivity index (χ3v) is 2.76. The van der Waals surface area contributed by atoms with E-state index in [1.165, 1.54) is 0 Å². The van der Waals surface area contributed by atoms with Gasteiger partial charge in [0, 0.05) is 26.6 Å². The van der Waals surface area contributed by atoms with Gasteiger partial charge in [0.15, 0.2) is 0 Å². The van der Waals surface area contributed by atoms with Crippen LogP contribution >= 0.6 is 0 Å². The average Bonchev–Trinajstić information content (AvgIpc) is 2.50. The summed E-state index contributed by atoms with van der Waals surface area (Å²) in [6.07, 6.45) is 0.451. The molecule has 7 nitrogen and oxygen atoms in total. The summed E-state index contributed by atoms with van der Waals surface area (Å²) < 4.78 is 10.4. The van der Waals surface area contributed by atoms with Crippen LogP contribution in [0, 0.1) is 0 Å². The molecule has 0 aliphatic heterocycles. The minimum Gasteiger partial charge on any atom is -0.491 e. The maximum absolute atomic E-state index is 11.5. The van der Waals surface area contributed by atoms with E-state index < -0.39 is 5.97 Å². The van der Waals surface area contributed by atoms with Crippen LogP contribution in [0.4, 0.5) is 4.79 Å². The first-order valence-electron chi connectivity index (χ1n) is 7.06. The van der Waals surface area contributed by atoms with Gasteiger partial charge in [-0.3, -0.25) is 4.79 Å². The van der Waals surface area contributed by atoms with Crippen LogP contribution in [0.1, 0.15) is 18.4 Å². The van der Waals surface area contributed by atoms with Crippen molar-refractivity contribution in [1.82, 2.24) is 10.6 Å². The van der Waals surface area contributed by atoms with Crippen molar-refractivity contribution in [3.05, 3.63) is 29.8 Å². The van der Waals surface area contributed by atoms with Gasteiger partial charge in [0.2, 0.25) is 0 Å². The number of carbonyl (C=O) groups excluding carboxylic acids is 1. The molecule has 0 bridgehead atoms. The summed E-state index contributed by atoms with van der Waals surface area (Å²) in [6.45, 7) is 1.68. The zero-order valence-electron chi connectivity index (χ0n) is 12.6. The van der Waals surface area contributed by atoms with Gasteiger partial charge in [-0.25, -0.2) is 4.79 Å². The number of hydrogen-bond donors (Lipinski definition) is 3. The lowest BCUT2D eigenvalue weighted by Gasteiger charge is -2.09. The number of aliphatic carboxylic acids is 1. The van der Waals surface area contributed by atoms with Crippen LogP contribution in [-0.4, -0.2) is 44.0 Å². The van der Waals surface area contributed by atoms with Crippen molar-refractivity contribution in [2.75, 3.05) is 26.9 Å². The summed E-state index contributed by atoms with van der Waals surface area (Å²) in [6, 6.07) is 7.10. The maximum atomic E-state index is 11.5. The summed E-state index contributed by atoms with van der Waals surface area (Å²) in [4.78, 5) is 21.9. The lowest BCUT2D eigenvalue weighted by Crippen LogP contribution is -2.35. The molecule has 0 saturated heterocycles. The molecule has 0 radical (unpaired) electrons. The Balaban J connectivity index is 2.27. The summed E-state index contributed by atoms with van der Waals surface area (Å²) in [7, 11) is 1.61. The first-order valence-corrected chi connectivity index (χ1v) is 7.06. The lowest BCUT2D eigenvalue weighted by atomic mass is 10.2. The van der Waals surface area contributed by atoms with E-state index in [0.29, 0.717) is 32.7 Å². The Morgan fingerprint density at radius 2 is 2.05 bits per heavy atom. The molecular formula is C15H22N2O5. The van der Waals surface area contributed by atoms with Gasteiger partial charge in [-0.15, -0.1) is 0 Å². The van der Waals surface area contributed by atoms with Crippen LogP contribution in [0.5, 0.6) is 5.75 Å². The van der Waals surface area contributed by atoms with Crippen LogP contribution in [-0.2, 0) is 16.1 Å². The van der Waals surface area contributed by atoms with Gasteiger partial charge < -0.3 is 25.2 Å². The number of nitrogens with one attached hydrogen (secondary N) is 2. The number of benzene rings is 1. The van der Waals surface area contributed by atoms with E-state index in [1.54, 1.807) is 7.11 Å². The first kappa shape index (κ1) is 17.8.